The summed E-state index contributed by atoms with van der Waals surface area (Å²) in [4.78, 5) is 2.60. The van der Waals surface area contributed by atoms with Crippen molar-refractivity contribution in [1.82, 2.24) is 15.5 Å². The molecule has 2 aliphatic rings. The first-order valence-corrected chi connectivity index (χ1v) is 5.21. The van der Waals surface area contributed by atoms with Gasteiger partial charge in [-0.3, -0.25) is 4.90 Å². The Kier molecular flexibility index (Phi) is 2.98. The van der Waals surface area contributed by atoms with Gasteiger partial charge in [-0.2, -0.15) is 0 Å². The standard InChI is InChI=1S/C10H19N3/c1-2-3-9-10(8-12-9)13-6-4-11-5-7-13/h2,9-12H,1,3-8H2. The molecular formula is C10H19N3. The van der Waals surface area contributed by atoms with Crippen LogP contribution >= 0.6 is 0 Å². The molecule has 0 aromatic heterocycles. The summed E-state index contributed by atoms with van der Waals surface area (Å²) in [7, 11) is 0. The van der Waals surface area contributed by atoms with E-state index in [9.17, 15) is 0 Å². The quantitative estimate of drug-likeness (QED) is 0.591. The maximum atomic E-state index is 3.79. The fourth-order valence-electron chi connectivity index (χ4n) is 2.21. The van der Waals surface area contributed by atoms with E-state index in [2.05, 4.69) is 22.1 Å². The third-order valence-corrected chi connectivity index (χ3v) is 3.09. The van der Waals surface area contributed by atoms with Crippen LogP contribution in [0, 0.1) is 0 Å². The Bertz CT molecular complexity index is 175. The molecule has 0 aliphatic carbocycles. The summed E-state index contributed by atoms with van der Waals surface area (Å²) in [6.07, 6.45) is 3.13. The van der Waals surface area contributed by atoms with Crippen molar-refractivity contribution in [3.05, 3.63) is 12.7 Å². The summed E-state index contributed by atoms with van der Waals surface area (Å²) >= 11 is 0. The second-order valence-corrected chi connectivity index (χ2v) is 3.89. The maximum Gasteiger partial charge on any atom is 0.0378 e. The van der Waals surface area contributed by atoms with Gasteiger partial charge in [0.15, 0.2) is 0 Å². The average Bonchev–Trinajstić information content (AvgIpc) is 2.14. The zero-order valence-electron chi connectivity index (χ0n) is 8.13. The summed E-state index contributed by atoms with van der Waals surface area (Å²) in [5, 5.41) is 6.84. The van der Waals surface area contributed by atoms with Gasteiger partial charge >= 0.3 is 0 Å². The molecule has 2 N–H and O–H groups in total. The van der Waals surface area contributed by atoms with E-state index in [0.29, 0.717) is 6.04 Å². The van der Waals surface area contributed by atoms with Crippen LogP contribution in [0.25, 0.3) is 0 Å². The molecule has 2 rings (SSSR count). The van der Waals surface area contributed by atoms with Crippen LogP contribution in [0.2, 0.25) is 0 Å². The maximum absolute atomic E-state index is 3.79. The molecule has 2 fully saturated rings. The average molecular weight is 181 g/mol. The molecule has 3 heteroatoms. The van der Waals surface area contributed by atoms with Gasteiger partial charge < -0.3 is 10.6 Å². The van der Waals surface area contributed by atoms with E-state index in [-0.39, 0.29) is 0 Å². The SMILES string of the molecule is C=CCC1NCC1N1CCNCC1. The topological polar surface area (TPSA) is 27.3 Å². The van der Waals surface area contributed by atoms with Crippen LogP contribution in [-0.4, -0.2) is 49.7 Å². The molecule has 74 valence electrons. The van der Waals surface area contributed by atoms with Crippen molar-refractivity contribution in [3.8, 4) is 0 Å². The summed E-state index contributed by atoms with van der Waals surface area (Å²) in [5.41, 5.74) is 0. The highest BCUT2D eigenvalue weighted by Crippen LogP contribution is 2.16. The van der Waals surface area contributed by atoms with Gasteiger partial charge in [0.1, 0.15) is 0 Å². The van der Waals surface area contributed by atoms with E-state index in [0.717, 1.165) is 25.6 Å². The van der Waals surface area contributed by atoms with E-state index in [1.165, 1.54) is 19.6 Å². The van der Waals surface area contributed by atoms with Gasteiger partial charge in [-0.15, -0.1) is 6.58 Å². The zero-order chi connectivity index (χ0) is 9.10. The normalized spacial score (nSPS) is 35.4. The molecule has 2 saturated heterocycles. The van der Waals surface area contributed by atoms with Crippen molar-refractivity contribution in [1.29, 1.82) is 0 Å². The molecule has 0 aromatic carbocycles. The van der Waals surface area contributed by atoms with Crippen LogP contribution in [0.5, 0.6) is 0 Å². The highest BCUT2D eigenvalue weighted by Gasteiger charge is 2.34. The Morgan fingerprint density at radius 2 is 2.15 bits per heavy atom. The lowest BCUT2D eigenvalue weighted by Crippen LogP contribution is -2.67. The molecular weight excluding hydrogens is 162 g/mol. The minimum absolute atomic E-state index is 0.663. The molecule has 3 nitrogen and oxygen atoms in total. The minimum Gasteiger partial charge on any atom is -0.314 e. The lowest BCUT2D eigenvalue weighted by atomic mass is 9.95. The summed E-state index contributed by atoms with van der Waals surface area (Å²) in [6, 6.07) is 1.43. The van der Waals surface area contributed by atoms with Crippen LogP contribution in [0.1, 0.15) is 6.42 Å². The van der Waals surface area contributed by atoms with Crippen molar-refractivity contribution in [2.75, 3.05) is 32.7 Å². The lowest BCUT2D eigenvalue weighted by molar-refractivity contribution is 0.0854. The van der Waals surface area contributed by atoms with E-state index in [1.807, 2.05) is 6.08 Å². The highest BCUT2D eigenvalue weighted by molar-refractivity contribution is 4.99. The lowest BCUT2D eigenvalue weighted by Gasteiger charge is -2.46. The molecule has 0 spiro atoms. The van der Waals surface area contributed by atoms with Crippen molar-refractivity contribution in [2.45, 2.75) is 18.5 Å². The van der Waals surface area contributed by atoms with Crippen LogP contribution in [0.3, 0.4) is 0 Å². The second kappa shape index (κ2) is 4.22. The molecule has 2 aliphatic heterocycles. The third-order valence-electron chi connectivity index (χ3n) is 3.09. The summed E-state index contributed by atoms with van der Waals surface area (Å²) in [5.74, 6) is 0. The molecule has 2 heterocycles. The van der Waals surface area contributed by atoms with Crippen LogP contribution < -0.4 is 10.6 Å². The van der Waals surface area contributed by atoms with Crippen molar-refractivity contribution >= 4 is 0 Å². The second-order valence-electron chi connectivity index (χ2n) is 3.89. The Morgan fingerprint density at radius 3 is 2.69 bits per heavy atom. The number of hydrogen-bond acceptors (Lipinski definition) is 3. The van der Waals surface area contributed by atoms with E-state index in [4.69, 9.17) is 0 Å². The third kappa shape index (κ3) is 1.93. The summed E-state index contributed by atoms with van der Waals surface area (Å²) in [6.45, 7) is 9.67. The zero-order valence-corrected chi connectivity index (χ0v) is 8.13. The van der Waals surface area contributed by atoms with Crippen LogP contribution in [-0.2, 0) is 0 Å². The highest BCUT2D eigenvalue weighted by atomic mass is 15.3. The van der Waals surface area contributed by atoms with Gasteiger partial charge in [0, 0.05) is 44.8 Å². The fraction of sp³-hybridized carbons (Fsp3) is 0.800. The summed E-state index contributed by atoms with van der Waals surface area (Å²) < 4.78 is 0. The molecule has 2 unspecified atom stereocenters. The van der Waals surface area contributed by atoms with Crippen LogP contribution in [0.15, 0.2) is 12.7 Å². The fourth-order valence-corrected chi connectivity index (χ4v) is 2.21. The monoisotopic (exact) mass is 181 g/mol. The van der Waals surface area contributed by atoms with Crippen molar-refractivity contribution in [3.63, 3.8) is 0 Å². The van der Waals surface area contributed by atoms with E-state index >= 15 is 0 Å². The van der Waals surface area contributed by atoms with Gasteiger partial charge in [0.25, 0.3) is 0 Å². The Balaban J connectivity index is 1.81. The molecule has 13 heavy (non-hydrogen) atoms. The first-order valence-electron chi connectivity index (χ1n) is 5.21. The number of rotatable bonds is 3. The molecule has 0 aromatic rings. The number of hydrogen-bond donors (Lipinski definition) is 2. The predicted molar refractivity (Wildman–Crippen MR) is 54.8 cm³/mol. The van der Waals surface area contributed by atoms with Gasteiger partial charge in [-0.1, -0.05) is 6.08 Å². The Hall–Kier alpha value is -0.380. The first kappa shape index (κ1) is 9.19. The molecule has 0 saturated carbocycles. The number of piperazine rings is 1. The largest absolute Gasteiger partial charge is 0.314 e. The Labute approximate surface area is 80.2 Å². The molecule has 2 atom stereocenters. The van der Waals surface area contributed by atoms with Crippen LogP contribution in [0.4, 0.5) is 0 Å². The van der Waals surface area contributed by atoms with Gasteiger partial charge in [0.05, 0.1) is 0 Å². The molecule has 0 amide bonds. The smallest absolute Gasteiger partial charge is 0.0378 e. The predicted octanol–water partition coefficient (Wildman–Crippen LogP) is -0.192. The van der Waals surface area contributed by atoms with Crippen molar-refractivity contribution < 1.29 is 0 Å². The first-order chi connectivity index (χ1) is 6.42. The van der Waals surface area contributed by atoms with E-state index in [1.54, 1.807) is 0 Å². The molecule has 0 radical (unpaired) electrons. The Morgan fingerprint density at radius 1 is 1.38 bits per heavy atom. The van der Waals surface area contributed by atoms with Gasteiger partial charge in [0.2, 0.25) is 0 Å². The minimum atomic E-state index is 0.663. The number of nitrogens with zero attached hydrogens (tertiary/aromatic N) is 1. The van der Waals surface area contributed by atoms with Gasteiger partial charge in [-0.25, -0.2) is 0 Å². The molecule has 0 bridgehead atoms. The van der Waals surface area contributed by atoms with E-state index < -0.39 is 0 Å². The van der Waals surface area contributed by atoms with Crippen molar-refractivity contribution in [2.24, 2.45) is 0 Å². The number of nitrogens with one attached hydrogen (secondary N) is 2. The van der Waals surface area contributed by atoms with Gasteiger partial charge in [-0.05, 0) is 6.42 Å².